The molecule has 21 heavy (non-hydrogen) atoms. The second kappa shape index (κ2) is 5.93. The van der Waals surface area contributed by atoms with E-state index in [1.165, 1.54) is 0 Å². The molecule has 2 unspecified atom stereocenters. The summed E-state index contributed by atoms with van der Waals surface area (Å²) < 4.78 is 5.72. The van der Waals surface area contributed by atoms with Crippen molar-refractivity contribution in [3.63, 3.8) is 0 Å². The Kier molecular flexibility index (Phi) is 4.01. The molecule has 1 aromatic carbocycles. The first-order chi connectivity index (χ1) is 10.2. The zero-order valence-corrected chi connectivity index (χ0v) is 12.4. The predicted octanol–water partition coefficient (Wildman–Crippen LogP) is 2.38. The van der Waals surface area contributed by atoms with Crippen LogP contribution in [0.4, 0.5) is 17.1 Å². The number of fused-ring (bicyclic) bond motifs is 1. The molecule has 1 fully saturated rings. The minimum Gasteiger partial charge on any atom is -0.397 e. The predicted molar refractivity (Wildman–Crippen MR) is 84.4 cm³/mol. The molecule has 0 bridgehead atoms. The van der Waals surface area contributed by atoms with E-state index < -0.39 is 0 Å². The van der Waals surface area contributed by atoms with E-state index in [1.54, 1.807) is 0 Å². The number of nitrogens with one attached hydrogen (secondary N) is 2. The lowest BCUT2D eigenvalue weighted by Crippen LogP contribution is -2.23. The van der Waals surface area contributed by atoms with E-state index in [9.17, 15) is 4.79 Å². The zero-order chi connectivity index (χ0) is 14.8. The van der Waals surface area contributed by atoms with Crippen molar-refractivity contribution >= 4 is 23.0 Å². The molecule has 2 aliphatic heterocycles. The Morgan fingerprint density at radius 2 is 2.29 bits per heavy atom. The maximum atomic E-state index is 11.4. The van der Waals surface area contributed by atoms with Crippen LogP contribution in [0.5, 0.6) is 0 Å². The Hall–Kier alpha value is -1.75. The highest BCUT2D eigenvalue weighted by Gasteiger charge is 2.26. The smallest absolute Gasteiger partial charge is 0.224 e. The van der Waals surface area contributed by atoms with Crippen molar-refractivity contribution in [2.45, 2.75) is 38.7 Å². The van der Waals surface area contributed by atoms with Gasteiger partial charge in [-0.2, -0.15) is 0 Å². The molecule has 5 heteroatoms. The van der Waals surface area contributed by atoms with Crippen LogP contribution in [-0.2, 0) is 16.0 Å². The van der Waals surface area contributed by atoms with Crippen LogP contribution < -0.4 is 16.4 Å². The number of rotatable bonds is 4. The van der Waals surface area contributed by atoms with Gasteiger partial charge in [0.25, 0.3) is 0 Å². The van der Waals surface area contributed by atoms with Gasteiger partial charge in [-0.3, -0.25) is 4.79 Å². The average molecular weight is 289 g/mol. The summed E-state index contributed by atoms with van der Waals surface area (Å²) >= 11 is 0. The fourth-order valence-corrected chi connectivity index (χ4v) is 3.22. The Morgan fingerprint density at radius 1 is 1.43 bits per heavy atom. The number of nitrogens with two attached hydrogens (primary N) is 1. The molecule has 2 aliphatic rings. The van der Waals surface area contributed by atoms with Crippen LogP contribution in [0.15, 0.2) is 12.1 Å². The maximum absolute atomic E-state index is 11.4. The molecule has 0 spiro atoms. The first-order valence-electron chi connectivity index (χ1n) is 7.75. The largest absolute Gasteiger partial charge is 0.397 e. The minimum absolute atomic E-state index is 0.0662. The van der Waals surface area contributed by atoms with Crippen molar-refractivity contribution in [2.75, 3.05) is 29.5 Å². The van der Waals surface area contributed by atoms with Crippen molar-refractivity contribution in [2.24, 2.45) is 5.92 Å². The Balaban J connectivity index is 1.70. The number of benzene rings is 1. The SMILES string of the molecule is CCC1OCCC1CNc1cc2c(cc1N)NC(=O)CC2. The third kappa shape index (κ3) is 2.97. The van der Waals surface area contributed by atoms with Crippen LogP contribution in [0.25, 0.3) is 0 Å². The van der Waals surface area contributed by atoms with Gasteiger partial charge in [0, 0.05) is 31.2 Å². The number of hydrogen-bond donors (Lipinski definition) is 3. The number of carbonyl (C=O) groups excluding carboxylic acids is 1. The third-order valence-electron chi connectivity index (χ3n) is 4.47. The molecular weight excluding hydrogens is 266 g/mol. The summed E-state index contributed by atoms with van der Waals surface area (Å²) in [5.41, 5.74) is 9.75. The van der Waals surface area contributed by atoms with Gasteiger partial charge in [-0.05, 0) is 37.0 Å². The van der Waals surface area contributed by atoms with Crippen molar-refractivity contribution in [3.05, 3.63) is 17.7 Å². The number of hydrogen-bond acceptors (Lipinski definition) is 4. The maximum Gasteiger partial charge on any atom is 0.224 e. The molecular formula is C16H23N3O2. The monoisotopic (exact) mass is 289 g/mol. The normalized spacial score (nSPS) is 24.5. The van der Waals surface area contributed by atoms with E-state index in [1.807, 2.05) is 6.07 Å². The van der Waals surface area contributed by atoms with Gasteiger partial charge in [-0.25, -0.2) is 0 Å². The number of anilines is 3. The van der Waals surface area contributed by atoms with Gasteiger partial charge in [0.15, 0.2) is 0 Å². The second-order valence-electron chi connectivity index (χ2n) is 5.89. The van der Waals surface area contributed by atoms with Crippen molar-refractivity contribution in [3.8, 4) is 0 Å². The number of amides is 1. The molecule has 1 amide bonds. The van der Waals surface area contributed by atoms with Crippen LogP contribution in [0.1, 0.15) is 31.7 Å². The quantitative estimate of drug-likeness (QED) is 0.744. The lowest BCUT2D eigenvalue weighted by atomic mass is 9.98. The minimum atomic E-state index is 0.0662. The van der Waals surface area contributed by atoms with E-state index in [-0.39, 0.29) is 5.91 Å². The standard InChI is InChI=1S/C16H23N3O2/c1-2-15-11(5-6-21-15)9-18-14-7-10-3-4-16(20)19-13(10)8-12(14)17/h7-8,11,15,18H,2-6,9,17H2,1H3,(H,19,20). The van der Waals surface area contributed by atoms with Gasteiger partial charge in [0.1, 0.15) is 0 Å². The van der Waals surface area contributed by atoms with E-state index in [0.717, 1.165) is 49.4 Å². The topological polar surface area (TPSA) is 76.4 Å². The average Bonchev–Trinajstić information content (AvgIpc) is 2.92. The van der Waals surface area contributed by atoms with Crippen LogP contribution in [0, 0.1) is 5.92 Å². The van der Waals surface area contributed by atoms with Crippen molar-refractivity contribution in [1.82, 2.24) is 0 Å². The molecule has 4 N–H and O–H groups in total. The Labute approximate surface area is 125 Å². The molecule has 2 atom stereocenters. The highest BCUT2D eigenvalue weighted by atomic mass is 16.5. The summed E-state index contributed by atoms with van der Waals surface area (Å²) in [5, 5.41) is 6.34. The number of carbonyl (C=O) groups is 1. The molecule has 1 saturated heterocycles. The van der Waals surface area contributed by atoms with E-state index in [4.69, 9.17) is 10.5 Å². The van der Waals surface area contributed by atoms with E-state index in [0.29, 0.717) is 24.1 Å². The van der Waals surface area contributed by atoms with Gasteiger partial charge < -0.3 is 21.1 Å². The summed E-state index contributed by atoms with van der Waals surface area (Å²) in [4.78, 5) is 11.4. The van der Waals surface area contributed by atoms with Gasteiger partial charge in [0.2, 0.25) is 5.91 Å². The Morgan fingerprint density at radius 3 is 3.10 bits per heavy atom. The number of ether oxygens (including phenoxy) is 1. The van der Waals surface area contributed by atoms with Crippen LogP contribution in [0.3, 0.4) is 0 Å². The molecule has 5 nitrogen and oxygen atoms in total. The number of aryl methyl sites for hydroxylation is 1. The van der Waals surface area contributed by atoms with Gasteiger partial charge in [-0.1, -0.05) is 6.92 Å². The molecule has 0 radical (unpaired) electrons. The fraction of sp³-hybridized carbons (Fsp3) is 0.562. The summed E-state index contributed by atoms with van der Waals surface area (Å²) in [7, 11) is 0. The third-order valence-corrected chi connectivity index (χ3v) is 4.47. The summed E-state index contributed by atoms with van der Waals surface area (Å²) in [6.07, 6.45) is 3.84. The van der Waals surface area contributed by atoms with Gasteiger partial charge in [-0.15, -0.1) is 0 Å². The van der Waals surface area contributed by atoms with Crippen LogP contribution in [0.2, 0.25) is 0 Å². The van der Waals surface area contributed by atoms with Gasteiger partial charge in [0.05, 0.1) is 17.5 Å². The first kappa shape index (κ1) is 14.2. The molecule has 114 valence electrons. The Bertz CT molecular complexity index is 545. The van der Waals surface area contributed by atoms with Crippen molar-refractivity contribution < 1.29 is 9.53 Å². The highest BCUT2D eigenvalue weighted by Crippen LogP contribution is 2.32. The molecule has 3 rings (SSSR count). The lowest BCUT2D eigenvalue weighted by Gasteiger charge is -2.22. The van der Waals surface area contributed by atoms with Crippen molar-refractivity contribution in [1.29, 1.82) is 0 Å². The molecule has 0 aliphatic carbocycles. The fourth-order valence-electron chi connectivity index (χ4n) is 3.22. The van der Waals surface area contributed by atoms with Crippen LogP contribution in [-0.4, -0.2) is 25.2 Å². The molecule has 1 aromatic rings. The molecule has 2 heterocycles. The lowest BCUT2D eigenvalue weighted by molar-refractivity contribution is -0.116. The van der Waals surface area contributed by atoms with E-state index >= 15 is 0 Å². The summed E-state index contributed by atoms with van der Waals surface area (Å²) in [5.74, 6) is 0.613. The summed E-state index contributed by atoms with van der Waals surface area (Å²) in [6, 6.07) is 3.93. The van der Waals surface area contributed by atoms with E-state index in [2.05, 4.69) is 23.6 Å². The number of nitrogen functional groups attached to an aromatic ring is 1. The summed E-state index contributed by atoms with van der Waals surface area (Å²) in [6.45, 7) is 3.91. The second-order valence-corrected chi connectivity index (χ2v) is 5.89. The first-order valence-corrected chi connectivity index (χ1v) is 7.75. The van der Waals surface area contributed by atoms with Gasteiger partial charge >= 0.3 is 0 Å². The molecule has 0 saturated carbocycles. The van der Waals surface area contributed by atoms with Crippen LogP contribution >= 0.6 is 0 Å². The highest BCUT2D eigenvalue weighted by molar-refractivity contribution is 5.95. The molecule has 0 aromatic heterocycles. The zero-order valence-electron chi connectivity index (χ0n) is 12.4.